The van der Waals surface area contributed by atoms with Gasteiger partial charge in [-0.3, -0.25) is 9.52 Å². The molecule has 2 aromatic heterocycles. The Morgan fingerprint density at radius 1 is 1.05 bits per heavy atom. The molecule has 39 heavy (non-hydrogen) atoms. The van der Waals surface area contributed by atoms with E-state index in [1.165, 1.54) is 5.56 Å². The van der Waals surface area contributed by atoms with E-state index in [1.807, 2.05) is 18.7 Å². The fourth-order valence-electron chi connectivity index (χ4n) is 5.01. The zero-order valence-electron chi connectivity index (χ0n) is 22.4. The molecular formula is C28H32N6O4S. The van der Waals surface area contributed by atoms with E-state index in [1.54, 1.807) is 36.5 Å². The Bertz CT molecular complexity index is 1620. The molecule has 3 heterocycles. The largest absolute Gasteiger partial charge is 0.438 e. The second-order valence-electron chi connectivity index (χ2n) is 10.1. The minimum atomic E-state index is -3.38. The SMILES string of the molecule is Cc1cc(C)c(Oc2ccnc(NC3CCN(C(=O)c4cc5cc(NS(C)(=O)=O)ccc5[nH]4)CC3)n2)c(C)c1. The van der Waals surface area contributed by atoms with Crippen LogP contribution in [0.25, 0.3) is 10.9 Å². The molecular weight excluding hydrogens is 516 g/mol. The Kier molecular flexibility index (Phi) is 7.17. The maximum Gasteiger partial charge on any atom is 0.270 e. The van der Waals surface area contributed by atoms with Gasteiger partial charge in [0.1, 0.15) is 11.4 Å². The number of piperidine rings is 1. The Balaban J connectivity index is 1.19. The molecule has 204 valence electrons. The third-order valence-corrected chi connectivity index (χ3v) is 7.32. The van der Waals surface area contributed by atoms with Crippen molar-refractivity contribution in [2.24, 2.45) is 0 Å². The van der Waals surface area contributed by atoms with Gasteiger partial charge in [0.25, 0.3) is 5.91 Å². The van der Waals surface area contributed by atoms with E-state index >= 15 is 0 Å². The Morgan fingerprint density at radius 3 is 2.46 bits per heavy atom. The number of carbonyl (C=O) groups excluding carboxylic acids is 1. The zero-order valence-corrected chi connectivity index (χ0v) is 23.2. The van der Waals surface area contributed by atoms with Crippen molar-refractivity contribution in [3.05, 3.63) is 71.0 Å². The maximum atomic E-state index is 13.2. The minimum absolute atomic E-state index is 0.0854. The van der Waals surface area contributed by atoms with Crippen LogP contribution in [0, 0.1) is 20.8 Å². The van der Waals surface area contributed by atoms with Crippen LogP contribution in [0.5, 0.6) is 11.6 Å². The first kappa shape index (κ1) is 26.5. The number of fused-ring (bicyclic) bond motifs is 1. The second kappa shape index (κ2) is 10.6. The number of rotatable bonds is 7. The summed E-state index contributed by atoms with van der Waals surface area (Å²) >= 11 is 0. The molecule has 1 amide bonds. The van der Waals surface area contributed by atoms with Gasteiger partial charge in [-0.1, -0.05) is 17.7 Å². The summed E-state index contributed by atoms with van der Waals surface area (Å²) in [4.78, 5) is 27.0. The summed E-state index contributed by atoms with van der Waals surface area (Å²) in [6.07, 6.45) is 4.28. The molecule has 5 rings (SSSR count). The predicted molar refractivity (Wildman–Crippen MR) is 152 cm³/mol. The molecule has 0 radical (unpaired) electrons. The molecule has 2 aromatic carbocycles. The first-order valence-electron chi connectivity index (χ1n) is 12.8. The summed E-state index contributed by atoms with van der Waals surface area (Å²) in [7, 11) is -3.38. The van der Waals surface area contributed by atoms with Crippen LogP contribution in [0.1, 0.15) is 40.0 Å². The molecule has 1 fully saturated rings. The number of hydrogen-bond donors (Lipinski definition) is 3. The molecule has 4 aromatic rings. The Hall–Kier alpha value is -4.12. The normalized spacial score (nSPS) is 14.4. The summed E-state index contributed by atoms with van der Waals surface area (Å²) in [6, 6.07) is 12.9. The van der Waals surface area contributed by atoms with E-state index < -0.39 is 10.0 Å². The number of aryl methyl sites for hydroxylation is 3. The highest BCUT2D eigenvalue weighted by atomic mass is 32.2. The van der Waals surface area contributed by atoms with Crippen molar-refractivity contribution in [2.45, 2.75) is 39.7 Å². The zero-order chi connectivity index (χ0) is 27.7. The number of likely N-dealkylation sites (tertiary alicyclic amines) is 1. The van der Waals surface area contributed by atoms with Gasteiger partial charge < -0.3 is 19.9 Å². The number of nitrogens with zero attached hydrogens (tertiary/aromatic N) is 3. The van der Waals surface area contributed by atoms with Crippen LogP contribution in [0.15, 0.2) is 48.7 Å². The van der Waals surface area contributed by atoms with Gasteiger partial charge in [0.2, 0.25) is 21.9 Å². The van der Waals surface area contributed by atoms with Gasteiger partial charge in [0.15, 0.2) is 0 Å². The van der Waals surface area contributed by atoms with Gasteiger partial charge in [-0.15, -0.1) is 0 Å². The number of hydrogen-bond acceptors (Lipinski definition) is 7. The van der Waals surface area contributed by atoms with Crippen molar-refractivity contribution in [1.82, 2.24) is 19.9 Å². The van der Waals surface area contributed by atoms with Gasteiger partial charge in [-0.2, -0.15) is 4.98 Å². The summed E-state index contributed by atoms with van der Waals surface area (Å²) < 4.78 is 31.6. The van der Waals surface area contributed by atoms with Crippen LogP contribution >= 0.6 is 0 Å². The number of nitrogens with one attached hydrogen (secondary N) is 3. The highest BCUT2D eigenvalue weighted by Gasteiger charge is 2.25. The molecule has 0 aliphatic carbocycles. The van der Waals surface area contributed by atoms with E-state index in [4.69, 9.17) is 4.74 Å². The number of sulfonamides is 1. The molecule has 1 saturated heterocycles. The van der Waals surface area contributed by atoms with Crippen LogP contribution in [0.2, 0.25) is 0 Å². The Labute approximate surface area is 227 Å². The van der Waals surface area contributed by atoms with E-state index in [2.05, 4.69) is 44.0 Å². The monoisotopic (exact) mass is 548 g/mol. The molecule has 0 atom stereocenters. The van der Waals surface area contributed by atoms with Crippen molar-refractivity contribution in [3.8, 4) is 11.6 Å². The van der Waals surface area contributed by atoms with E-state index in [0.29, 0.717) is 36.3 Å². The maximum absolute atomic E-state index is 13.2. The lowest BCUT2D eigenvalue weighted by Crippen LogP contribution is -2.42. The van der Waals surface area contributed by atoms with Crippen molar-refractivity contribution in [1.29, 1.82) is 0 Å². The lowest BCUT2D eigenvalue weighted by Gasteiger charge is -2.32. The van der Waals surface area contributed by atoms with Crippen LogP contribution in [0.3, 0.4) is 0 Å². The summed E-state index contributed by atoms with van der Waals surface area (Å²) in [5.74, 6) is 1.69. The molecule has 11 heteroatoms. The third kappa shape index (κ3) is 6.31. The smallest absolute Gasteiger partial charge is 0.270 e. The number of ether oxygens (including phenoxy) is 1. The van der Waals surface area contributed by atoms with Gasteiger partial charge in [-0.25, -0.2) is 13.4 Å². The molecule has 10 nitrogen and oxygen atoms in total. The molecule has 3 N–H and O–H groups in total. The molecule has 0 saturated carbocycles. The molecule has 0 bridgehead atoms. The number of aromatic amines is 1. The van der Waals surface area contributed by atoms with Gasteiger partial charge in [-0.05, 0) is 69.0 Å². The second-order valence-corrected chi connectivity index (χ2v) is 11.9. The summed E-state index contributed by atoms with van der Waals surface area (Å²) in [6.45, 7) is 7.28. The quantitative estimate of drug-likeness (QED) is 0.304. The number of H-pyrrole nitrogens is 1. The average Bonchev–Trinajstić information content (AvgIpc) is 3.29. The fraction of sp³-hybridized carbons (Fsp3) is 0.321. The van der Waals surface area contributed by atoms with Gasteiger partial charge in [0, 0.05) is 48.0 Å². The number of aromatic nitrogens is 3. The van der Waals surface area contributed by atoms with Crippen LogP contribution in [-0.2, 0) is 10.0 Å². The lowest BCUT2D eigenvalue weighted by molar-refractivity contribution is 0.0713. The van der Waals surface area contributed by atoms with E-state index in [9.17, 15) is 13.2 Å². The van der Waals surface area contributed by atoms with Gasteiger partial charge >= 0.3 is 0 Å². The number of anilines is 2. The highest BCUT2D eigenvalue weighted by molar-refractivity contribution is 7.92. The lowest BCUT2D eigenvalue weighted by atomic mass is 10.0. The van der Waals surface area contributed by atoms with Crippen LogP contribution in [-0.4, -0.2) is 59.6 Å². The van der Waals surface area contributed by atoms with Crippen molar-refractivity contribution in [3.63, 3.8) is 0 Å². The number of benzene rings is 2. The van der Waals surface area contributed by atoms with Gasteiger partial charge in [0.05, 0.1) is 6.26 Å². The van der Waals surface area contributed by atoms with E-state index in [-0.39, 0.29) is 11.9 Å². The molecule has 1 aliphatic rings. The molecule has 0 unspecified atom stereocenters. The number of carbonyl (C=O) groups is 1. The Morgan fingerprint density at radius 2 is 1.77 bits per heavy atom. The van der Waals surface area contributed by atoms with Crippen LogP contribution in [0.4, 0.5) is 11.6 Å². The summed E-state index contributed by atoms with van der Waals surface area (Å²) in [5, 5.41) is 4.15. The first-order chi connectivity index (χ1) is 18.5. The highest BCUT2D eigenvalue weighted by Crippen LogP contribution is 2.29. The third-order valence-electron chi connectivity index (χ3n) is 6.71. The van der Waals surface area contributed by atoms with Crippen molar-refractivity contribution < 1.29 is 17.9 Å². The summed E-state index contributed by atoms with van der Waals surface area (Å²) in [5.41, 5.74) is 4.99. The topological polar surface area (TPSA) is 129 Å². The standard InChI is InChI=1S/C28H32N6O4S/c1-17-13-18(2)26(19(3)14-17)38-25-7-10-29-28(32-25)30-21-8-11-34(12-9-21)27(35)24-16-20-15-22(33-39(4,36)37)5-6-23(20)31-24/h5-7,10,13-16,21,31,33H,8-9,11-12H2,1-4H3,(H,29,30,32). The average molecular weight is 549 g/mol. The molecule has 1 aliphatic heterocycles. The number of amides is 1. The van der Waals surface area contributed by atoms with Crippen molar-refractivity contribution in [2.75, 3.05) is 29.4 Å². The minimum Gasteiger partial charge on any atom is -0.438 e. The fourth-order valence-corrected chi connectivity index (χ4v) is 5.56. The molecule has 0 spiro atoms. The van der Waals surface area contributed by atoms with Crippen LogP contribution < -0.4 is 14.8 Å². The predicted octanol–water partition coefficient (Wildman–Crippen LogP) is 4.76. The van der Waals surface area contributed by atoms with E-state index in [0.717, 1.165) is 46.9 Å². The van der Waals surface area contributed by atoms with Crippen molar-refractivity contribution >= 4 is 38.5 Å². The first-order valence-corrected chi connectivity index (χ1v) is 14.7.